The molecule has 0 amide bonds. The third kappa shape index (κ3) is 2.37. The lowest BCUT2D eigenvalue weighted by molar-refractivity contribution is 0.526. The van der Waals surface area contributed by atoms with E-state index in [4.69, 9.17) is 16.6 Å². The van der Waals surface area contributed by atoms with Gasteiger partial charge >= 0.3 is 0 Å². The number of nitrogens with zero attached hydrogens (tertiary/aromatic N) is 2. The number of rotatable bonds is 4. The van der Waals surface area contributed by atoms with Crippen LogP contribution in [-0.4, -0.2) is 17.4 Å². The Morgan fingerprint density at radius 3 is 2.79 bits per heavy atom. The lowest BCUT2D eigenvalue weighted by Crippen LogP contribution is -2.41. The second kappa shape index (κ2) is 5.24. The van der Waals surface area contributed by atoms with Gasteiger partial charge in [-0.2, -0.15) is 5.10 Å². The van der Waals surface area contributed by atoms with Gasteiger partial charge in [-0.1, -0.05) is 30.4 Å². The maximum absolute atomic E-state index is 5.38. The Hall–Kier alpha value is -2.14. The molecule has 19 heavy (non-hydrogen) atoms. The third-order valence-corrected chi connectivity index (χ3v) is 3.22. The van der Waals surface area contributed by atoms with Crippen molar-refractivity contribution in [3.63, 3.8) is 0 Å². The molecule has 0 saturated heterocycles. The maximum Gasteiger partial charge on any atom is 0.150 e. The molecule has 1 aliphatic heterocycles. The summed E-state index contributed by atoms with van der Waals surface area (Å²) in [5.41, 5.74) is 4.09. The third-order valence-electron chi connectivity index (χ3n) is 2.96. The highest BCUT2D eigenvalue weighted by atomic mass is 32.1. The Kier molecular flexibility index (Phi) is 3.29. The number of benzene rings is 1. The molecule has 0 bridgehead atoms. The fourth-order valence-electron chi connectivity index (χ4n) is 2.10. The summed E-state index contributed by atoms with van der Waals surface area (Å²) in [7, 11) is 0. The molecule has 0 radical (unpaired) electrons. The minimum atomic E-state index is -0.0950. The van der Waals surface area contributed by atoms with Crippen molar-refractivity contribution in [3.05, 3.63) is 54.5 Å². The van der Waals surface area contributed by atoms with Crippen LogP contribution < -0.4 is 10.3 Å². The summed E-state index contributed by atoms with van der Waals surface area (Å²) in [6.07, 6.45) is 2.21. The molecule has 0 spiro atoms. The van der Waals surface area contributed by atoms with E-state index in [-0.39, 0.29) is 6.17 Å². The summed E-state index contributed by atoms with van der Waals surface area (Å²) < 4.78 is 5.38. The van der Waals surface area contributed by atoms with E-state index in [0.717, 1.165) is 17.3 Å². The number of hydrogen-bond donors (Lipinski definition) is 1. The zero-order valence-electron chi connectivity index (χ0n) is 10.2. The van der Waals surface area contributed by atoms with Crippen molar-refractivity contribution in [2.24, 2.45) is 5.10 Å². The summed E-state index contributed by atoms with van der Waals surface area (Å²) >= 11 is 5.06. The van der Waals surface area contributed by atoms with E-state index < -0.39 is 0 Å². The summed E-state index contributed by atoms with van der Waals surface area (Å²) in [5, 5.41) is 6.03. The second-order valence-electron chi connectivity index (χ2n) is 4.20. The van der Waals surface area contributed by atoms with Crippen molar-refractivity contribution in [3.8, 4) is 0 Å². The number of hydrogen-bond acceptors (Lipinski definition) is 5. The molecule has 0 saturated carbocycles. The number of nitrogens with one attached hydrogen (secondary N) is 1. The quantitative estimate of drug-likeness (QED) is 0.868. The van der Waals surface area contributed by atoms with Crippen molar-refractivity contribution in [1.82, 2.24) is 5.43 Å². The van der Waals surface area contributed by atoms with E-state index in [9.17, 15) is 0 Å². The molecule has 2 aromatic rings. The first-order chi connectivity index (χ1) is 9.38. The number of thiocarbonyl (C=S) groups is 1. The van der Waals surface area contributed by atoms with Gasteiger partial charge in [-0.05, 0) is 24.3 Å². The normalized spacial score (nSPS) is 18.0. The molecule has 0 fully saturated rings. The van der Waals surface area contributed by atoms with Gasteiger partial charge in [-0.25, -0.2) is 0 Å². The summed E-state index contributed by atoms with van der Waals surface area (Å²) in [6.45, 7) is 0. The van der Waals surface area contributed by atoms with Crippen LogP contribution in [0.4, 0.5) is 5.69 Å². The first-order valence-electron chi connectivity index (χ1n) is 6.02. The molecule has 1 aromatic heterocycles. The number of amidine groups is 1. The van der Waals surface area contributed by atoms with Gasteiger partial charge in [-0.15, -0.1) is 0 Å². The second-order valence-corrected chi connectivity index (χ2v) is 4.47. The number of anilines is 1. The Morgan fingerprint density at radius 2 is 2.11 bits per heavy atom. The predicted octanol–water partition coefficient (Wildman–Crippen LogP) is 2.57. The van der Waals surface area contributed by atoms with Crippen LogP contribution in [0.5, 0.6) is 0 Å². The van der Waals surface area contributed by atoms with E-state index in [1.54, 1.807) is 11.6 Å². The Balaban J connectivity index is 1.88. The van der Waals surface area contributed by atoms with Crippen LogP contribution in [0.25, 0.3) is 0 Å². The molecule has 1 aromatic carbocycles. The molecule has 4 nitrogen and oxygen atoms in total. The molecule has 0 aliphatic carbocycles. The van der Waals surface area contributed by atoms with E-state index in [0.29, 0.717) is 6.42 Å². The first-order valence-corrected chi connectivity index (χ1v) is 6.49. The lowest BCUT2D eigenvalue weighted by atomic mass is 10.2. The Bertz CT molecular complexity index is 580. The molecule has 96 valence electrons. The van der Waals surface area contributed by atoms with Crippen molar-refractivity contribution in [2.45, 2.75) is 12.6 Å². The van der Waals surface area contributed by atoms with Crippen molar-refractivity contribution in [2.75, 3.05) is 4.90 Å². The standard InChI is InChI=1S/C14H13N3OS/c19-10-14-16-15-13(9-12-7-4-8-18-12)17(14)11-5-2-1-3-6-11/h1-8,10,14,16H,9H2. The highest BCUT2D eigenvalue weighted by Crippen LogP contribution is 2.21. The number of furan rings is 1. The van der Waals surface area contributed by atoms with Crippen molar-refractivity contribution in [1.29, 1.82) is 0 Å². The average molecular weight is 271 g/mol. The molecule has 1 aliphatic rings. The number of para-hydroxylation sites is 1. The molecular weight excluding hydrogens is 258 g/mol. The average Bonchev–Trinajstić information content (AvgIpc) is 3.09. The van der Waals surface area contributed by atoms with Crippen LogP contribution >= 0.6 is 12.2 Å². The van der Waals surface area contributed by atoms with E-state index >= 15 is 0 Å². The van der Waals surface area contributed by atoms with Crippen LogP contribution in [0.1, 0.15) is 5.76 Å². The minimum Gasteiger partial charge on any atom is -0.469 e. The van der Waals surface area contributed by atoms with Gasteiger partial charge in [0, 0.05) is 11.1 Å². The van der Waals surface area contributed by atoms with Gasteiger partial charge < -0.3 is 9.32 Å². The molecule has 2 heterocycles. The smallest absolute Gasteiger partial charge is 0.150 e. The maximum atomic E-state index is 5.38. The van der Waals surface area contributed by atoms with Crippen molar-refractivity contribution >= 4 is 29.1 Å². The SMILES string of the molecule is S=CC1NN=C(Cc2ccco2)N1c1ccccc1. The van der Waals surface area contributed by atoms with E-state index in [1.165, 1.54) is 0 Å². The first kappa shape index (κ1) is 11.9. The molecule has 1 N–H and O–H groups in total. The van der Waals surface area contributed by atoms with E-state index in [2.05, 4.69) is 15.4 Å². The zero-order valence-corrected chi connectivity index (χ0v) is 11.0. The fraction of sp³-hybridized carbons (Fsp3) is 0.143. The molecule has 1 atom stereocenters. The van der Waals surface area contributed by atoms with Crippen LogP contribution in [-0.2, 0) is 6.42 Å². The molecule has 3 rings (SSSR count). The fourth-order valence-corrected chi connectivity index (χ4v) is 2.28. The Labute approximate surface area is 116 Å². The zero-order chi connectivity index (χ0) is 13.1. The summed E-state index contributed by atoms with van der Waals surface area (Å²) in [6, 6.07) is 13.9. The van der Waals surface area contributed by atoms with Crippen LogP contribution in [0.15, 0.2) is 58.2 Å². The van der Waals surface area contributed by atoms with Gasteiger partial charge in [0.2, 0.25) is 0 Å². The molecule has 1 unspecified atom stereocenters. The minimum absolute atomic E-state index is 0.0950. The number of hydrazone groups is 1. The predicted molar refractivity (Wildman–Crippen MR) is 79.3 cm³/mol. The molecular formula is C14H13N3OS. The van der Waals surface area contributed by atoms with Crippen LogP contribution in [0.3, 0.4) is 0 Å². The van der Waals surface area contributed by atoms with E-state index in [1.807, 2.05) is 42.5 Å². The van der Waals surface area contributed by atoms with Gasteiger partial charge in [-0.3, -0.25) is 5.43 Å². The largest absolute Gasteiger partial charge is 0.469 e. The topological polar surface area (TPSA) is 40.8 Å². The van der Waals surface area contributed by atoms with Gasteiger partial charge in [0.15, 0.2) is 0 Å². The highest BCUT2D eigenvalue weighted by Gasteiger charge is 2.27. The van der Waals surface area contributed by atoms with Gasteiger partial charge in [0.25, 0.3) is 0 Å². The summed E-state index contributed by atoms with van der Waals surface area (Å²) in [5.74, 6) is 1.78. The molecule has 5 heteroatoms. The Morgan fingerprint density at radius 1 is 1.26 bits per heavy atom. The van der Waals surface area contributed by atoms with Crippen molar-refractivity contribution < 1.29 is 4.42 Å². The highest BCUT2D eigenvalue weighted by molar-refractivity contribution is 7.79. The van der Waals surface area contributed by atoms with Gasteiger partial charge in [0.05, 0.1) is 12.7 Å². The summed E-state index contributed by atoms with van der Waals surface area (Å²) in [4.78, 5) is 2.08. The monoisotopic (exact) mass is 271 g/mol. The van der Waals surface area contributed by atoms with Gasteiger partial charge in [0.1, 0.15) is 17.8 Å². The van der Waals surface area contributed by atoms with Crippen LogP contribution in [0.2, 0.25) is 0 Å². The lowest BCUT2D eigenvalue weighted by Gasteiger charge is -2.24. The van der Waals surface area contributed by atoms with Crippen LogP contribution in [0, 0.1) is 0 Å².